The van der Waals surface area contributed by atoms with Crippen LogP contribution in [0.2, 0.25) is 0 Å². The number of nitrogens with zero attached hydrogens (tertiary/aromatic N) is 1. The average molecular weight is 242 g/mol. The second kappa shape index (κ2) is 8.93. The third-order valence-corrected chi connectivity index (χ3v) is 3.86. The molecule has 104 valence electrons. The van der Waals surface area contributed by atoms with Crippen LogP contribution < -0.4 is 5.73 Å². The summed E-state index contributed by atoms with van der Waals surface area (Å²) < 4.78 is 0. The van der Waals surface area contributed by atoms with Crippen LogP contribution in [0.25, 0.3) is 0 Å². The van der Waals surface area contributed by atoms with Crippen molar-refractivity contribution >= 4 is 0 Å². The van der Waals surface area contributed by atoms with E-state index in [2.05, 4.69) is 39.5 Å². The van der Waals surface area contributed by atoms with E-state index < -0.39 is 0 Å². The first-order valence-corrected chi connectivity index (χ1v) is 7.41. The van der Waals surface area contributed by atoms with Crippen LogP contribution in [0.1, 0.15) is 66.7 Å². The van der Waals surface area contributed by atoms with Crippen molar-refractivity contribution in [3.05, 3.63) is 0 Å². The van der Waals surface area contributed by atoms with Crippen LogP contribution >= 0.6 is 0 Å². The molecule has 2 nitrogen and oxygen atoms in total. The van der Waals surface area contributed by atoms with E-state index in [9.17, 15) is 0 Å². The Balaban J connectivity index is 3.98. The number of unbranched alkanes of at least 4 members (excludes halogenated alkanes) is 1. The van der Waals surface area contributed by atoms with Gasteiger partial charge in [0.05, 0.1) is 0 Å². The Morgan fingerprint density at radius 2 is 1.71 bits per heavy atom. The van der Waals surface area contributed by atoms with Crippen LogP contribution in [-0.2, 0) is 0 Å². The third-order valence-electron chi connectivity index (χ3n) is 3.86. The summed E-state index contributed by atoms with van der Waals surface area (Å²) in [5.41, 5.74) is 6.09. The van der Waals surface area contributed by atoms with Gasteiger partial charge < -0.3 is 10.6 Å². The molecule has 0 saturated heterocycles. The summed E-state index contributed by atoms with van der Waals surface area (Å²) in [5, 5.41) is 0. The summed E-state index contributed by atoms with van der Waals surface area (Å²) in [7, 11) is 0. The van der Waals surface area contributed by atoms with Gasteiger partial charge in [-0.25, -0.2) is 0 Å². The molecule has 0 saturated carbocycles. The largest absolute Gasteiger partial charge is 0.330 e. The Kier molecular flexibility index (Phi) is 8.89. The molecule has 2 N–H and O–H groups in total. The third kappa shape index (κ3) is 7.77. The fourth-order valence-corrected chi connectivity index (χ4v) is 2.03. The molecule has 0 aliphatic rings. The van der Waals surface area contributed by atoms with E-state index in [-0.39, 0.29) is 0 Å². The standard InChI is InChI=1S/C15H34N2/c1-6-8-11-17(14(3)7-2)12-9-10-15(4,5)13-16/h14H,6-13,16H2,1-5H3. The molecule has 17 heavy (non-hydrogen) atoms. The zero-order valence-electron chi connectivity index (χ0n) is 12.8. The highest BCUT2D eigenvalue weighted by molar-refractivity contribution is 4.72. The molecule has 0 amide bonds. The fourth-order valence-electron chi connectivity index (χ4n) is 2.03. The van der Waals surface area contributed by atoms with Gasteiger partial charge in [0.25, 0.3) is 0 Å². The minimum absolute atomic E-state index is 0.311. The molecule has 1 atom stereocenters. The van der Waals surface area contributed by atoms with Crippen molar-refractivity contribution in [2.75, 3.05) is 19.6 Å². The summed E-state index contributed by atoms with van der Waals surface area (Å²) in [6, 6.07) is 0.725. The van der Waals surface area contributed by atoms with Crippen molar-refractivity contribution in [3.8, 4) is 0 Å². The molecule has 0 bridgehead atoms. The lowest BCUT2D eigenvalue weighted by Gasteiger charge is -2.30. The SMILES string of the molecule is CCCCN(CCCC(C)(C)CN)C(C)CC. The molecule has 0 aliphatic heterocycles. The van der Waals surface area contributed by atoms with Gasteiger partial charge >= 0.3 is 0 Å². The second-order valence-electron chi connectivity index (χ2n) is 6.12. The second-order valence-corrected chi connectivity index (χ2v) is 6.12. The highest BCUT2D eigenvalue weighted by atomic mass is 15.1. The van der Waals surface area contributed by atoms with Crippen LogP contribution in [0.5, 0.6) is 0 Å². The topological polar surface area (TPSA) is 29.3 Å². The molecule has 0 aromatic rings. The highest BCUT2D eigenvalue weighted by Crippen LogP contribution is 2.21. The Hall–Kier alpha value is -0.0800. The monoisotopic (exact) mass is 242 g/mol. The van der Waals surface area contributed by atoms with Crippen molar-refractivity contribution in [3.63, 3.8) is 0 Å². The fraction of sp³-hybridized carbons (Fsp3) is 1.00. The lowest BCUT2D eigenvalue weighted by Crippen LogP contribution is -2.35. The molecule has 0 aromatic heterocycles. The van der Waals surface area contributed by atoms with Crippen molar-refractivity contribution in [2.24, 2.45) is 11.1 Å². The Morgan fingerprint density at radius 1 is 1.12 bits per heavy atom. The summed E-state index contributed by atoms with van der Waals surface area (Å²) in [6.45, 7) is 14.7. The van der Waals surface area contributed by atoms with E-state index in [4.69, 9.17) is 5.73 Å². The Bertz CT molecular complexity index is 178. The van der Waals surface area contributed by atoms with E-state index in [1.807, 2.05) is 0 Å². The van der Waals surface area contributed by atoms with Gasteiger partial charge in [0, 0.05) is 6.04 Å². The van der Waals surface area contributed by atoms with Crippen LogP contribution in [0.3, 0.4) is 0 Å². The molecule has 0 spiro atoms. The summed E-state index contributed by atoms with van der Waals surface area (Å²) in [4.78, 5) is 2.65. The van der Waals surface area contributed by atoms with Gasteiger partial charge in [-0.3, -0.25) is 0 Å². The zero-order chi connectivity index (χ0) is 13.3. The minimum atomic E-state index is 0.311. The van der Waals surface area contributed by atoms with Gasteiger partial charge in [-0.15, -0.1) is 0 Å². The van der Waals surface area contributed by atoms with E-state index in [1.54, 1.807) is 0 Å². The van der Waals surface area contributed by atoms with Crippen molar-refractivity contribution in [1.29, 1.82) is 0 Å². The summed E-state index contributed by atoms with van der Waals surface area (Å²) >= 11 is 0. The molecule has 2 heteroatoms. The molecule has 0 heterocycles. The molecule has 0 fully saturated rings. The first-order chi connectivity index (χ1) is 7.96. The van der Waals surface area contributed by atoms with Gasteiger partial charge in [-0.05, 0) is 57.7 Å². The van der Waals surface area contributed by atoms with Gasteiger partial charge in [-0.2, -0.15) is 0 Å². The number of rotatable bonds is 10. The zero-order valence-corrected chi connectivity index (χ0v) is 12.8. The van der Waals surface area contributed by atoms with Gasteiger partial charge in [0.1, 0.15) is 0 Å². The number of hydrogen-bond donors (Lipinski definition) is 1. The van der Waals surface area contributed by atoms with Gasteiger partial charge in [-0.1, -0.05) is 34.1 Å². The Morgan fingerprint density at radius 3 is 2.18 bits per heavy atom. The van der Waals surface area contributed by atoms with Gasteiger partial charge in [0.15, 0.2) is 0 Å². The van der Waals surface area contributed by atoms with E-state index in [0.29, 0.717) is 5.41 Å². The van der Waals surface area contributed by atoms with Crippen LogP contribution in [-0.4, -0.2) is 30.6 Å². The van der Waals surface area contributed by atoms with Crippen LogP contribution in [0.15, 0.2) is 0 Å². The molecular weight excluding hydrogens is 208 g/mol. The lowest BCUT2D eigenvalue weighted by atomic mass is 9.88. The summed E-state index contributed by atoms with van der Waals surface area (Å²) in [6.07, 6.45) is 6.39. The highest BCUT2D eigenvalue weighted by Gasteiger charge is 2.17. The Labute approximate surface area is 109 Å². The lowest BCUT2D eigenvalue weighted by molar-refractivity contribution is 0.186. The maximum Gasteiger partial charge on any atom is 0.00643 e. The predicted molar refractivity (Wildman–Crippen MR) is 78.3 cm³/mol. The first kappa shape index (κ1) is 16.9. The molecular formula is C15H34N2. The molecule has 1 unspecified atom stereocenters. The number of nitrogens with two attached hydrogens (primary N) is 1. The van der Waals surface area contributed by atoms with Crippen molar-refractivity contribution < 1.29 is 0 Å². The summed E-state index contributed by atoms with van der Waals surface area (Å²) in [5.74, 6) is 0. The maximum atomic E-state index is 5.78. The minimum Gasteiger partial charge on any atom is -0.330 e. The van der Waals surface area contributed by atoms with Crippen LogP contribution in [0, 0.1) is 5.41 Å². The van der Waals surface area contributed by atoms with Crippen LogP contribution in [0.4, 0.5) is 0 Å². The molecule has 0 aromatic carbocycles. The molecule has 0 radical (unpaired) electrons. The van der Waals surface area contributed by atoms with E-state index in [0.717, 1.165) is 12.6 Å². The number of hydrogen-bond acceptors (Lipinski definition) is 2. The quantitative estimate of drug-likeness (QED) is 0.633. The molecule has 0 aliphatic carbocycles. The first-order valence-electron chi connectivity index (χ1n) is 7.41. The smallest absolute Gasteiger partial charge is 0.00643 e. The molecule has 0 rings (SSSR count). The van der Waals surface area contributed by atoms with Crippen molar-refractivity contribution in [2.45, 2.75) is 72.8 Å². The van der Waals surface area contributed by atoms with Crippen molar-refractivity contribution in [1.82, 2.24) is 4.90 Å². The van der Waals surface area contributed by atoms with E-state index in [1.165, 1.54) is 45.2 Å². The maximum absolute atomic E-state index is 5.78. The average Bonchev–Trinajstić information content (AvgIpc) is 2.32. The van der Waals surface area contributed by atoms with E-state index >= 15 is 0 Å². The predicted octanol–water partition coefficient (Wildman–Crippen LogP) is 3.65. The van der Waals surface area contributed by atoms with Gasteiger partial charge in [0.2, 0.25) is 0 Å². The normalized spacial score (nSPS) is 14.3.